The van der Waals surface area contributed by atoms with Gasteiger partial charge in [-0.1, -0.05) is 86.2 Å². The van der Waals surface area contributed by atoms with Gasteiger partial charge < -0.3 is 4.90 Å². The number of hydrogen-bond donors (Lipinski definition) is 1. The Morgan fingerprint density at radius 1 is 0.925 bits per heavy atom. The quantitative estimate of drug-likeness (QED) is 0.323. The standard InChI is InChI=1S/C31H37ClN4O3S/c32-27-13-7-8-14-29(27)40(38,39)35-30(37)26-22-33-31(34-28(26)16-15-23-9-3-1-4-10-23)36-19-17-25(18-20-36)21-24-11-5-2-6-12-24/h2,5-8,11-14,22-23,25H,1,3-4,9-10,15-21H2,(H,35,37). The summed E-state index contributed by atoms with van der Waals surface area (Å²) in [4.78, 5) is 24.8. The lowest BCUT2D eigenvalue weighted by atomic mass is 9.85. The van der Waals surface area contributed by atoms with Gasteiger partial charge in [0.15, 0.2) is 0 Å². The summed E-state index contributed by atoms with van der Waals surface area (Å²) < 4.78 is 28.1. The zero-order valence-corrected chi connectivity index (χ0v) is 24.3. The lowest BCUT2D eigenvalue weighted by molar-refractivity contribution is 0.0979. The second-order valence-corrected chi connectivity index (χ2v) is 13.1. The van der Waals surface area contributed by atoms with Crippen LogP contribution in [0.15, 0.2) is 65.7 Å². The normalized spacial score (nSPS) is 17.1. The van der Waals surface area contributed by atoms with E-state index in [1.807, 2.05) is 6.07 Å². The van der Waals surface area contributed by atoms with Gasteiger partial charge >= 0.3 is 0 Å². The van der Waals surface area contributed by atoms with Crippen molar-refractivity contribution < 1.29 is 13.2 Å². The van der Waals surface area contributed by atoms with Gasteiger partial charge in [0.1, 0.15) is 4.90 Å². The summed E-state index contributed by atoms with van der Waals surface area (Å²) >= 11 is 6.11. The van der Waals surface area contributed by atoms with Crippen LogP contribution in [0.4, 0.5) is 5.95 Å². The molecule has 1 aromatic heterocycles. The van der Waals surface area contributed by atoms with E-state index in [2.05, 4.69) is 38.9 Å². The molecule has 7 nitrogen and oxygen atoms in total. The number of carbonyl (C=O) groups excluding carboxylic acids is 1. The molecular weight excluding hydrogens is 544 g/mol. The van der Waals surface area contributed by atoms with E-state index in [4.69, 9.17) is 16.6 Å². The fourth-order valence-electron chi connectivity index (χ4n) is 5.94. The van der Waals surface area contributed by atoms with Gasteiger partial charge in [0.05, 0.1) is 16.3 Å². The minimum absolute atomic E-state index is 0.0580. The molecule has 2 aromatic carbocycles. The van der Waals surface area contributed by atoms with E-state index in [0.29, 0.717) is 29.9 Å². The summed E-state index contributed by atoms with van der Waals surface area (Å²) in [5.41, 5.74) is 2.17. The Kier molecular flexibility index (Phi) is 9.37. The largest absolute Gasteiger partial charge is 0.341 e. The number of hydrogen-bond acceptors (Lipinski definition) is 6. The Morgan fingerprint density at radius 2 is 1.62 bits per heavy atom. The molecule has 40 heavy (non-hydrogen) atoms. The summed E-state index contributed by atoms with van der Waals surface area (Å²) in [6.45, 7) is 1.71. The molecule has 1 amide bonds. The van der Waals surface area contributed by atoms with Crippen molar-refractivity contribution in [2.24, 2.45) is 11.8 Å². The smallest absolute Gasteiger partial charge is 0.268 e. The van der Waals surface area contributed by atoms with Gasteiger partial charge in [0.25, 0.3) is 15.9 Å². The molecule has 0 radical (unpaired) electrons. The molecule has 9 heteroatoms. The van der Waals surface area contributed by atoms with Crippen LogP contribution in [0.2, 0.25) is 5.02 Å². The molecule has 3 aromatic rings. The van der Waals surface area contributed by atoms with Crippen molar-refractivity contribution >= 4 is 33.5 Å². The molecule has 2 heterocycles. The van der Waals surface area contributed by atoms with Gasteiger partial charge in [-0.25, -0.2) is 23.1 Å². The van der Waals surface area contributed by atoms with Crippen LogP contribution in [0, 0.1) is 11.8 Å². The minimum Gasteiger partial charge on any atom is -0.341 e. The Bertz CT molecular complexity index is 1400. The zero-order valence-electron chi connectivity index (χ0n) is 22.8. The van der Waals surface area contributed by atoms with Gasteiger partial charge in [-0.2, -0.15) is 0 Å². The van der Waals surface area contributed by atoms with Crippen LogP contribution in [0.3, 0.4) is 0 Å². The Hall–Kier alpha value is -2.97. The van der Waals surface area contributed by atoms with E-state index in [1.165, 1.54) is 56.0 Å². The van der Waals surface area contributed by atoms with Crippen LogP contribution in [-0.2, 0) is 22.9 Å². The number of piperidine rings is 1. The van der Waals surface area contributed by atoms with Crippen molar-refractivity contribution in [1.29, 1.82) is 0 Å². The van der Waals surface area contributed by atoms with Crippen LogP contribution in [0.1, 0.15) is 73.0 Å². The van der Waals surface area contributed by atoms with E-state index in [1.54, 1.807) is 12.1 Å². The van der Waals surface area contributed by atoms with E-state index >= 15 is 0 Å². The molecule has 0 atom stereocenters. The van der Waals surface area contributed by atoms with E-state index < -0.39 is 15.9 Å². The van der Waals surface area contributed by atoms with Crippen molar-refractivity contribution in [2.75, 3.05) is 18.0 Å². The number of amides is 1. The third-order valence-electron chi connectivity index (χ3n) is 8.23. The first-order valence-corrected chi connectivity index (χ1v) is 16.2. The molecule has 1 N–H and O–H groups in total. The van der Waals surface area contributed by atoms with Crippen LogP contribution in [0.5, 0.6) is 0 Å². The number of nitrogens with zero attached hydrogens (tertiary/aromatic N) is 3. The van der Waals surface area contributed by atoms with Crippen LogP contribution in [-0.4, -0.2) is 37.4 Å². The number of aryl methyl sites for hydroxylation is 1. The number of rotatable bonds is 9. The van der Waals surface area contributed by atoms with Crippen molar-refractivity contribution in [2.45, 2.75) is 69.1 Å². The van der Waals surface area contributed by atoms with Gasteiger partial charge in [0, 0.05) is 19.3 Å². The molecule has 2 fully saturated rings. The first-order chi connectivity index (χ1) is 19.4. The second kappa shape index (κ2) is 13.1. The third-order valence-corrected chi connectivity index (χ3v) is 10.1. The third kappa shape index (κ3) is 7.21. The lowest BCUT2D eigenvalue weighted by Crippen LogP contribution is -2.36. The van der Waals surface area contributed by atoms with Crippen LogP contribution < -0.4 is 9.62 Å². The molecule has 5 rings (SSSR count). The molecule has 1 aliphatic heterocycles. The van der Waals surface area contributed by atoms with E-state index in [-0.39, 0.29) is 15.5 Å². The lowest BCUT2D eigenvalue weighted by Gasteiger charge is -2.32. The predicted octanol–water partition coefficient (Wildman–Crippen LogP) is 6.22. The molecule has 0 bridgehead atoms. The first-order valence-electron chi connectivity index (χ1n) is 14.4. The Morgan fingerprint density at radius 3 is 2.35 bits per heavy atom. The highest BCUT2D eigenvalue weighted by atomic mass is 35.5. The second-order valence-electron chi connectivity index (χ2n) is 11.1. The van der Waals surface area contributed by atoms with Gasteiger partial charge in [-0.15, -0.1) is 0 Å². The molecule has 0 unspecified atom stereocenters. The molecule has 1 saturated carbocycles. The topological polar surface area (TPSA) is 92.3 Å². The van der Waals surface area contributed by atoms with Crippen molar-refractivity contribution in [3.05, 3.63) is 82.6 Å². The maximum absolute atomic E-state index is 13.3. The zero-order chi connectivity index (χ0) is 28.0. The van der Waals surface area contributed by atoms with Gasteiger partial charge in [-0.05, 0) is 61.6 Å². The number of halogens is 1. The molecule has 1 saturated heterocycles. The molecule has 1 aliphatic carbocycles. The molecule has 2 aliphatic rings. The summed E-state index contributed by atoms with van der Waals surface area (Å²) in [5, 5.41) is 0.0580. The maximum atomic E-state index is 13.3. The average molecular weight is 581 g/mol. The van der Waals surface area contributed by atoms with Crippen molar-refractivity contribution in [3.8, 4) is 0 Å². The SMILES string of the molecule is O=C(NS(=O)(=O)c1ccccc1Cl)c1cnc(N2CCC(Cc3ccccc3)CC2)nc1CCC1CCCCC1. The van der Waals surface area contributed by atoms with E-state index in [9.17, 15) is 13.2 Å². The van der Waals surface area contributed by atoms with Gasteiger partial charge in [-0.3, -0.25) is 4.79 Å². The Balaban J connectivity index is 1.32. The van der Waals surface area contributed by atoms with Crippen molar-refractivity contribution in [3.63, 3.8) is 0 Å². The first kappa shape index (κ1) is 28.6. The number of carbonyl (C=O) groups is 1. The highest BCUT2D eigenvalue weighted by Crippen LogP contribution is 2.29. The molecule has 212 valence electrons. The van der Waals surface area contributed by atoms with Crippen LogP contribution in [0.25, 0.3) is 0 Å². The summed E-state index contributed by atoms with van der Waals surface area (Å²) in [6, 6.07) is 16.7. The van der Waals surface area contributed by atoms with Gasteiger partial charge in [0.2, 0.25) is 5.95 Å². The maximum Gasteiger partial charge on any atom is 0.268 e. The monoisotopic (exact) mass is 580 g/mol. The summed E-state index contributed by atoms with van der Waals surface area (Å²) in [6.07, 6.45) is 12.3. The number of benzene rings is 2. The van der Waals surface area contributed by atoms with Crippen LogP contribution >= 0.6 is 11.6 Å². The highest BCUT2D eigenvalue weighted by Gasteiger charge is 2.27. The average Bonchev–Trinajstić information content (AvgIpc) is 2.97. The number of sulfonamides is 1. The van der Waals surface area contributed by atoms with E-state index in [0.717, 1.165) is 38.8 Å². The number of nitrogens with one attached hydrogen (secondary N) is 1. The van der Waals surface area contributed by atoms with Crippen molar-refractivity contribution in [1.82, 2.24) is 14.7 Å². The fourth-order valence-corrected chi connectivity index (χ4v) is 7.42. The molecule has 0 spiro atoms. The Labute approximate surface area is 242 Å². The molecular formula is C31H37ClN4O3S. The fraction of sp³-hybridized carbons (Fsp3) is 0.452. The predicted molar refractivity (Wildman–Crippen MR) is 158 cm³/mol. The summed E-state index contributed by atoms with van der Waals surface area (Å²) in [5.74, 6) is 1.10. The highest BCUT2D eigenvalue weighted by molar-refractivity contribution is 7.90. The number of aromatic nitrogens is 2. The summed E-state index contributed by atoms with van der Waals surface area (Å²) in [7, 11) is -4.15. The number of anilines is 1. The minimum atomic E-state index is -4.15.